The quantitative estimate of drug-likeness (QED) is 0.772. The van der Waals surface area contributed by atoms with Crippen molar-refractivity contribution in [2.45, 2.75) is 26.1 Å². The first-order chi connectivity index (χ1) is 10.5. The van der Waals surface area contributed by atoms with E-state index in [2.05, 4.69) is 17.0 Å². The van der Waals surface area contributed by atoms with E-state index in [1.807, 2.05) is 22.2 Å². The zero-order valence-electron chi connectivity index (χ0n) is 12.3. The van der Waals surface area contributed by atoms with Crippen LogP contribution < -0.4 is 4.90 Å². The standard InChI is InChI=1S/C13H18N4O2S3/c1-2-16(10-5-7-22(18,19)8-10)9-17-13(20)14-12(15-17)11-4-3-6-21-11/h3-4,6,10H,2,5,7-9H2,1H3,(H,14,15,20)/p+1/t10-/m1/s1. The number of hydrogen-bond acceptors (Lipinski definition) is 5. The SMILES string of the molecule is CC[NH+](Cn1[nH]c(-c2cccs2)nc1=S)[C@@H]1CCS(=O)(=O)C1. The van der Waals surface area contributed by atoms with Crippen LogP contribution in [0, 0.1) is 4.77 Å². The van der Waals surface area contributed by atoms with E-state index in [4.69, 9.17) is 12.2 Å². The van der Waals surface area contributed by atoms with E-state index in [0.29, 0.717) is 17.2 Å². The largest absolute Gasteiger partial charge is 0.313 e. The zero-order valence-corrected chi connectivity index (χ0v) is 14.7. The molecule has 1 saturated heterocycles. The van der Waals surface area contributed by atoms with E-state index in [1.165, 1.54) is 4.90 Å². The van der Waals surface area contributed by atoms with Gasteiger partial charge in [0, 0.05) is 6.42 Å². The van der Waals surface area contributed by atoms with Crippen LogP contribution in [0.1, 0.15) is 13.3 Å². The molecule has 1 unspecified atom stereocenters. The summed E-state index contributed by atoms with van der Waals surface area (Å²) in [7, 11) is -2.86. The summed E-state index contributed by atoms with van der Waals surface area (Å²) in [5, 5.41) is 5.23. The number of H-pyrrole nitrogens is 1. The number of thiophene rings is 1. The normalized spacial score (nSPS) is 22.0. The molecule has 0 saturated carbocycles. The molecule has 6 nitrogen and oxygen atoms in total. The van der Waals surface area contributed by atoms with Crippen LogP contribution in [0.5, 0.6) is 0 Å². The van der Waals surface area contributed by atoms with Crippen molar-refractivity contribution in [3.8, 4) is 10.7 Å². The molecule has 3 heterocycles. The van der Waals surface area contributed by atoms with Gasteiger partial charge in [0.25, 0.3) is 0 Å². The predicted molar refractivity (Wildman–Crippen MR) is 89.3 cm³/mol. The monoisotopic (exact) mass is 359 g/mol. The lowest BCUT2D eigenvalue weighted by Gasteiger charge is -2.23. The summed E-state index contributed by atoms with van der Waals surface area (Å²) in [6, 6.07) is 4.12. The van der Waals surface area contributed by atoms with Crippen molar-refractivity contribution in [1.29, 1.82) is 0 Å². The number of nitrogens with one attached hydrogen (secondary N) is 2. The number of nitrogens with zero attached hydrogens (tertiary/aromatic N) is 2. The van der Waals surface area contributed by atoms with E-state index in [-0.39, 0.29) is 11.8 Å². The van der Waals surface area contributed by atoms with Gasteiger partial charge in [0.15, 0.2) is 22.3 Å². The lowest BCUT2D eigenvalue weighted by atomic mass is 10.2. The van der Waals surface area contributed by atoms with Gasteiger partial charge in [0.05, 0.1) is 17.2 Å². The van der Waals surface area contributed by atoms with Crippen LogP contribution in [-0.2, 0) is 16.5 Å². The Labute approximate surface area is 138 Å². The van der Waals surface area contributed by atoms with E-state index >= 15 is 0 Å². The topological polar surface area (TPSA) is 72.2 Å². The van der Waals surface area contributed by atoms with Crippen LogP contribution in [0.25, 0.3) is 10.7 Å². The fraction of sp³-hybridized carbons (Fsp3) is 0.538. The smallest absolute Gasteiger partial charge is 0.221 e. The minimum Gasteiger partial charge on any atom is -0.313 e. The molecule has 1 aliphatic rings. The minimum absolute atomic E-state index is 0.144. The van der Waals surface area contributed by atoms with Crippen LogP contribution in [0.2, 0.25) is 0 Å². The number of quaternary nitrogens is 1. The second-order valence-corrected chi connectivity index (χ2v) is 9.07. The van der Waals surface area contributed by atoms with Crippen molar-refractivity contribution in [2.24, 2.45) is 0 Å². The summed E-state index contributed by atoms with van der Waals surface area (Å²) in [5.74, 6) is 1.35. The molecule has 22 heavy (non-hydrogen) atoms. The van der Waals surface area contributed by atoms with Gasteiger partial charge in [-0.25, -0.2) is 13.1 Å². The second kappa shape index (κ2) is 6.23. The Morgan fingerprint density at radius 2 is 2.41 bits per heavy atom. The Morgan fingerprint density at radius 3 is 3.00 bits per heavy atom. The van der Waals surface area contributed by atoms with Gasteiger partial charge in [-0.1, -0.05) is 6.07 Å². The van der Waals surface area contributed by atoms with Crippen LogP contribution in [0.3, 0.4) is 0 Å². The third-order valence-electron chi connectivity index (χ3n) is 4.06. The summed E-state index contributed by atoms with van der Waals surface area (Å²) >= 11 is 6.93. The fourth-order valence-electron chi connectivity index (χ4n) is 2.84. The maximum atomic E-state index is 11.7. The molecule has 0 aromatic carbocycles. The zero-order chi connectivity index (χ0) is 15.7. The first-order valence-electron chi connectivity index (χ1n) is 7.24. The van der Waals surface area contributed by atoms with E-state index in [0.717, 1.165) is 23.7 Å². The highest BCUT2D eigenvalue weighted by Gasteiger charge is 2.34. The van der Waals surface area contributed by atoms with Gasteiger partial charge in [0.2, 0.25) is 4.77 Å². The first-order valence-corrected chi connectivity index (χ1v) is 10.3. The van der Waals surface area contributed by atoms with Crippen molar-refractivity contribution in [3.05, 3.63) is 22.3 Å². The van der Waals surface area contributed by atoms with Gasteiger partial charge >= 0.3 is 0 Å². The molecule has 120 valence electrons. The highest BCUT2D eigenvalue weighted by atomic mass is 32.2. The van der Waals surface area contributed by atoms with Gasteiger partial charge < -0.3 is 4.90 Å². The Hall–Kier alpha value is -1.03. The predicted octanol–water partition coefficient (Wildman–Crippen LogP) is 0.719. The van der Waals surface area contributed by atoms with E-state index < -0.39 is 9.84 Å². The summed E-state index contributed by atoms with van der Waals surface area (Å²) in [4.78, 5) is 6.67. The minimum atomic E-state index is -2.86. The maximum Gasteiger partial charge on any atom is 0.221 e. The summed E-state index contributed by atoms with van der Waals surface area (Å²) in [5.41, 5.74) is 0. The van der Waals surface area contributed by atoms with Gasteiger partial charge in [-0.15, -0.1) is 11.3 Å². The van der Waals surface area contributed by atoms with Crippen LogP contribution in [0.4, 0.5) is 0 Å². The number of aromatic nitrogens is 3. The van der Waals surface area contributed by atoms with Gasteiger partial charge in [-0.3, -0.25) is 5.10 Å². The maximum absolute atomic E-state index is 11.7. The molecular formula is C13H19N4O2S3+. The number of hydrogen-bond donors (Lipinski definition) is 2. The Bertz CT molecular complexity index is 792. The molecule has 0 amide bonds. The average molecular weight is 360 g/mol. The molecule has 0 radical (unpaired) electrons. The molecule has 9 heteroatoms. The lowest BCUT2D eigenvalue weighted by molar-refractivity contribution is -0.943. The number of sulfone groups is 1. The Morgan fingerprint density at radius 1 is 1.59 bits per heavy atom. The van der Waals surface area contributed by atoms with Crippen molar-refractivity contribution >= 4 is 33.4 Å². The van der Waals surface area contributed by atoms with Gasteiger partial charge in [0.1, 0.15) is 11.8 Å². The van der Waals surface area contributed by atoms with Crippen molar-refractivity contribution < 1.29 is 13.3 Å². The molecule has 3 rings (SSSR count). The van der Waals surface area contributed by atoms with E-state index in [9.17, 15) is 8.42 Å². The van der Waals surface area contributed by atoms with Crippen LogP contribution >= 0.6 is 23.6 Å². The molecule has 0 spiro atoms. The van der Waals surface area contributed by atoms with Crippen molar-refractivity contribution in [2.75, 3.05) is 18.1 Å². The molecule has 2 N–H and O–H groups in total. The average Bonchev–Trinajstić information content (AvgIpc) is 3.17. The number of rotatable bonds is 5. The molecule has 2 aromatic rings. The molecule has 0 aliphatic carbocycles. The number of aromatic amines is 1. The molecule has 2 atom stereocenters. The second-order valence-electron chi connectivity index (χ2n) is 5.53. The highest BCUT2D eigenvalue weighted by Crippen LogP contribution is 2.20. The van der Waals surface area contributed by atoms with Gasteiger partial charge in [-0.2, -0.15) is 4.98 Å². The van der Waals surface area contributed by atoms with Gasteiger partial charge in [-0.05, 0) is 30.6 Å². The highest BCUT2D eigenvalue weighted by molar-refractivity contribution is 7.91. The third kappa shape index (κ3) is 3.32. The Balaban J connectivity index is 1.78. The van der Waals surface area contributed by atoms with Crippen molar-refractivity contribution in [1.82, 2.24) is 14.8 Å². The van der Waals surface area contributed by atoms with Crippen molar-refractivity contribution in [3.63, 3.8) is 0 Å². The van der Waals surface area contributed by atoms with Crippen LogP contribution in [0.15, 0.2) is 17.5 Å². The summed E-state index contributed by atoms with van der Waals surface area (Å²) < 4.78 is 25.7. The van der Waals surface area contributed by atoms with Crippen LogP contribution in [-0.4, -0.2) is 47.3 Å². The summed E-state index contributed by atoms with van der Waals surface area (Å²) in [6.07, 6.45) is 0.727. The Kier molecular flexibility index (Phi) is 4.49. The molecular weight excluding hydrogens is 340 g/mol. The molecule has 2 aromatic heterocycles. The molecule has 1 fully saturated rings. The molecule has 0 bridgehead atoms. The lowest BCUT2D eigenvalue weighted by Crippen LogP contribution is -3.15. The third-order valence-corrected chi connectivity index (χ3v) is 7.02. The summed E-state index contributed by atoms with van der Waals surface area (Å²) in [6.45, 7) is 3.55. The first kappa shape index (κ1) is 15.9. The fourth-order valence-corrected chi connectivity index (χ4v) is 5.53. The molecule has 1 aliphatic heterocycles. The van der Waals surface area contributed by atoms with E-state index in [1.54, 1.807) is 11.3 Å².